The monoisotopic (exact) mass is 332 g/mol. The van der Waals surface area contributed by atoms with Gasteiger partial charge in [-0.25, -0.2) is 0 Å². The van der Waals surface area contributed by atoms with Gasteiger partial charge in [0.25, 0.3) is 0 Å². The highest BCUT2D eigenvalue weighted by Crippen LogP contribution is 2.22. The van der Waals surface area contributed by atoms with Gasteiger partial charge in [0, 0.05) is 11.8 Å². The summed E-state index contributed by atoms with van der Waals surface area (Å²) < 4.78 is 18.8. The van der Waals surface area contributed by atoms with Gasteiger partial charge in [-0.15, -0.1) is 0 Å². The molecule has 0 aliphatic rings. The fraction of sp³-hybridized carbons (Fsp3) is 0.235. The van der Waals surface area contributed by atoms with Crippen molar-refractivity contribution in [1.29, 1.82) is 0 Å². The average molecular weight is 332 g/mol. The second kappa shape index (κ2) is 7.54. The third kappa shape index (κ3) is 4.28. The van der Waals surface area contributed by atoms with E-state index < -0.39 is 16.4 Å². The Labute approximate surface area is 138 Å². The van der Waals surface area contributed by atoms with E-state index in [1.54, 1.807) is 0 Å². The lowest BCUT2D eigenvalue weighted by atomic mass is 10.1. The zero-order chi connectivity index (χ0) is 17.7. The lowest BCUT2D eigenvalue weighted by Crippen LogP contribution is -2.15. The van der Waals surface area contributed by atoms with Crippen LogP contribution in [-0.2, 0) is 4.79 Å². The minimum atomic E-state index is -0.948. The van der Waals surface area contributed by atoms with Crippen LogP contribution in [-0.4, -0.2) is 17.4 Å². The summed E-state index contributed by atoms with van der Waals surface area (Å²) in [6.07, 6.45) is 0.0680. The van der Waals surface area contributed by atoms with Gasteiger partial charge in [-0.2, -0.15) is 4.39 Å². The molecule has 2 aromatic carbocycles. The standard InChI is InChI=1S/C17H17FN2O4/c1-11-4-3-5-16(12(11)2)24-9-8-17(21)19-13-6-7-14(18)15(10-13)20(22)23/h3-7,10H,8-9H2,1-2H3,(H,19,21). The summed E-state index contributed by atoms with van der Waals surface area (Å²) in [4.78, 5) is 21.7. The molecule has 1 amide bonds. The van der Waals surface area contributed by atoms with Gasteiger partial charge in [0.1, 0.15) is 5.75 Å². The second-order valence-corrected chi connectivity index (χ2v) is 5.27. The third-order valence-electron chi connectivity index (χ3n) is 3.57. The average Bonchev–Trinajstić information content (AvgIpc) is 2.53. The fourth-order valence-electron chi connectivity index (χ4n) is 2.09. The first-order chi connectivity index (χ1) is 11.4. The predicted octanol–water partition coefficient (Wildman–Crippen LogP) is 3.76. The van der Waals surface area contributed by atoms with Gasteiger partial charge in [0.2, 0.25) is 11.7 Å². The first-order valence-corrected chi connectivity index (χ1v) is 7.31. The van der Waals surface area contributed by atoms with Crippen LogP contribution in [0.4, 0.5) is 15.8 Å². The number of aryl methyl sites for hydroxylation is 1. The van der Waals surface area contributed by atoms with Gasteiger partial charge >= 0.3 is 5.69 Å². The van der Waals surface area contributed by atoms with Crippen LogP contribution >= 0.6 is 0 Å². The number of nitro groups is 1. The van der Waals surface area contributed by atoms with Crippen molar-refractivity contribution in [3.05, 3.63) is 63.5 Å². The zero-order valence-corrected chi connectivity index (χ0v) is 13.3. The Hall–Kier alpha value is -2.96. The van der Waals surface area contributed by atoms with E-state index in [9.17, 15) is 19.3 Å². The smallest absolute Gasteiger partial charge is 0.306 e. The highest BCUT2D eigenvalue weighted by atomic mass is 19.1. The van der Waals surface area contributed by atoms with Crippen LogP contribution in [0, 0.1) is 29.8 Å². The van der Waals surface area contributed by atoms with E-state index in [2.05, 4.69) is 5.32 Å². The maximum absolute atomic E-state index is 13.2. The number of hydrogen-bond acceptors (Lipinski definition) is 4. The van der Waals surface area contributed by atoms with E-state index in [1.807, 2.05) is 32.0 Å². The summed E-state index contributed by atoms with van der Waals surface area (Å²) in [6.45, 7) is 4.07. The highest BCUT2D eigenvalue weighted by Gasteiger charge is 2.15. The molecule has 24 heavy (non-hydrogen) atoms. The molecule has 0 fully saturated rings. The molecule has 0 bridgehead atoms. The van der Waals surface area contributed by atoms with Gasteiger partial charge in [0.05, 0.1) is 18.0 Å². The molecule has 7 heteroatoms. The summed E-state index contributed by atoms with van der Waals surface area (Å²) in [5.41, 5.74) is 1.59. The van der Waals surface area contributed by atoms with E-state index in [1.165, 1.54) is 6.07 Å². The third-order valence-corrected chi connectivity index (χ3v) is 3.57. The van der Waals surface area contributed by atoms with E-state index in [0.29, 0.717) is 5.75 Å². The van der Waals surface area contributed by atoms with E-state index in [4.69, 9.17) is 4.74 Å². The van der Waals surface area contributed by atoms with Crippen LogP contribution in [0.1, 0.15) is 17.5 Å². The number of anilines is 1. The summed E-state index contributed by atoms with van der Waals surface area (Å²) in [5.74, 6) is -0.613. The molecule has 126 valence electrons. The maximum atomic E-state index is 13.2. The van der Waals surface area contributed by atoms with Crippen LogP contribution in [0.15, 0.2) is 36.4 Å². The SMILES string of the molecule is Cc1cccc(OCCC(=O)Nc2ccc(F)c([N+](=O)[O-])c2)c1C. The number of amides is 1. The van der Waals surface area contributed by atoms with Crippen LogP contribution in [0.3, 0.4) is 0 Å². The van der Waals surface area contributed by atoms with Crippen LogP contribution in [0.25, 0.3) is 0 Å². The number of nitro benzene ring substituents is 1. The van der Waals surface area contributed by atoms with E-state index in [-0.39, 0.29) is 24.6 Å². The van der Waals surface area contributed by atoms with Crippen molar-refractivity contribution >= 4 is 17.3 Å². The van der Waals surface area contributed by atoms with Gasteiger partial charge in [-0.3, -0.25) is 14.9 Å². The largest absolute Gasteiger partial charge is 0.493 e. The van der Waals surface area contributed by atoms with Crippen molar-refractivity contribution in [1.82, 2.24) is 0 Å². The van der Waals surface area contributed by atoms with Crippen molar-refractivity contribution in [3.8, 4) is 5.75 Å². The summed E-state index contributed by atoms with van der Waals surface area (Å²) >= 11 is 0. The van der Waals surface area contributed by atoms with Crippen molar-refractivity contribution in [3.63, 3.8) is 0 Å². The molecule has 0 aliphatic heterocycles. The molecule has 2 rings (SSSR count). The summed E-state index contributed by atoms with van der Waals surface area (Å²) in [6, 6.07) is 8.86. The number of benzene rings is 2. The molecule has 0 aliphatic carbocycles. The Morgan fingerprint density at radius 3 is 2.75 bits per heavy atom. The summed E-state index contributed by atoms with van der Waals surface area (Å²) in [5, 5.41) is 13.2. The maximum Gasteiger partial charge on any atom is 0.306 e. The Balaban J connectivity index is 1.91. The molecule has 2 aromatic rings. The molecule has 0 heterocycles. The van der Waals surface area contributed by atoms with Gasteiger partial charge < -0.3 is 10.1 Å². The molecule has 0 atom stereocenters. The van der Waals surface area contributed by atoms with E-state index >= 15 is 0 Å². The van der Waals surface area contributed by atoms with Crippen LogP contribution in [0.5, 0.6) is 5.75 Å². The number of ether oxygens (including phenoxy) is 1. The number of hydrogen-bond donors (Lipinski definition) is 1. The first-order valence-electron chi connectivity index (χ1n) is 7.31. The minimum absolute atomic E-state index is 0.0680. The molecule has 0 spiro atoms. The summed E-state index contributed by atoms with van der Waals surface area (Å²) in [7, 11) is 0. The lowest BCUT2D eigenvalue weighted by Gasteiger charge is -2.11. The molecule has 0 saturated carbocycles. The van der Waals surface area contributed by atoms with Crippen LogP contribution in [0.2, 0.25) is 0 Å². The molecular formula is C17H17FN2O4. The quantitative estimate of drug-likeness (QED) is 0.645. The Morgan fingerprint density at radius 1 is 1.29 bits per heavy atom. The molecule has 0 saturated heterocycles. The number of nitrogens with zero attached hydrogens (tertiary/aromatic N) is 1. The van der Waals surface area contributed by atoms with Gasteiger partial charge in [-0.05, 0) is 43.2 Å². The van der Waals surface area contributed by atoms with Crippen molar-refractivity contribution in [2.45, 2.75) is 20.3 Å². The molecule has 0 unspecified atom stereocenters. The number of nitrogens with one attached hydrogen (secondary N) is 1. The molecular weight excluding hydrogens is 315 g/mol. The highest BCUT2D eigenvalue weighted by molar-refractivity contribution is 5.91. The lowest BCUT2D eigenvalue weighted by molar-refractivity contribution is -0.387. The number of carbonyl (C=O) groups excluding carboxylic acids is 1. The van der Waals surface area contributed by atoms with Gasteiger partial charge in [-0.1, -0.05) is 12.1 Å². The molecule has 0 radical (unpaired) electrons. The van der Waals surface area contributed by atoms with E-state index in [0.717, 1.165) is 23.3 Å². The first kappa shape index (κ1) is 17.4. The van der Waals surface area contributed by atoms with Crippen molar-refractivity contribution < 1.29 is 18.8 Å². The predicted molar refractivity (Wildman–Crippen MR) is 87.7 cm³/mol. The number of halogens is 1. The minimum Gasteiger partial charge on any atom is -0.493 e. The fourth-order valence-corrected chi connectivity index (χ4v) is 2.09. The Bertz CT molecular complexity index is 777. The molecule has 6 nitrogen and oxygen atoms in total. The van der Waals surface area contributed by atoms with Crippen molar-refractivity contribution in [2.75, 3.05) is 11.9 Å². The second-order valence-electron chi connectivity index (χ2n) is 5.27. The Kier molecular flexibility index (Phi) is 5.47. The number of carbonyl (C=O) groups is 1. The van der Waals surface area contributed by atoms with Crippen LogP contribution < -0.4 is 10.1 Å². The van der Waals surface area contributed by atoms with Gasteiger partial charge in [0.15, 0.2) is 0 Å². The topological polar surface area (TPSA) is 81.5 Å². The normalized spacial score (nSPS) is 10.3. The molecule has 1 N–H and O–H groups in total. The molecule has 0 aromatic heterocycles. The van der Waals surface area contributed by atoms with Crippen molar-refractivity contribution in [2.24, 2.45) is 0 Å². The zero-order valence-electron chi connectivity index (χ0n) is 13.3. The Morgan fingerprint density at radius 2 is 2.04 bits per heavy atom. The number of rotatable bonds is 6.